The molecule has 0 radical (unpaired) electrons. The summed E-state index contributed by atoms with van der Waals surface area (Å²) in [4.78, 5) is 13.9. The normalized spacial score (nSPS) is 11.3. The number of aromatic nitrogens is 3. The molecular weight excluding hydrogens is 538 g/mol. The van der Waals surface area contributed by atoms with Crippen molar-refractivity contribution in [2.24, 2.45) is 0 Å². The fourth-order valence-corrected chi connectivity index (χ4v) is 4.92. The van der Waals surface area contributed by atoms with Crippen LogP contribution in [0.15, 0.2) is 114 Å². The second kappa shape index (κ2) is 13.3. The van der Waals surface area contributed by atoms with E-state index in [9.17, 15) is 8.42 Å². The van der Waals surface area contributed by atoms with E-state index >= 15 is 0 Å². The van der Waals surface area contributed by atoms with Crippen LogP contribution in [0.4, 0.5) is 0 Å². The lowest BCUT2D eigenvalue weighted by Crippen LogP contribution is -2.14. The van der Waals surface area contributed by atoms with Gasteiger partial charge in [0.15, 0.2) is 0 Å². The van der Waals surface area contributed by atoms with Crippen LogP contribution in [0, 0.1) is 6.92 Å². The Balaban J connectivity index is 1.16. The lowest BCUT2D eigenvalue weighted by atomic mass is 10.0. The number of hydrogen-bond donors (Lipinski definition) is 0. The maximum atomic E-state index is 12.2. The summed E-state index contributed by atoms with van der Waals surface area (Å²) in [7, 11) is -3.80. The average Bonchev–Trinajstić information content (AvgIpc) is 3.02. The number of pyridine rings is 3. The number of rotatable bonds is 12. The molecule has 2 aromatic carbocycles. The lowest BCUT2D eigenvalue weighted by molar-refractivity contribution is 0.0779. The van der Waals surface area contributed by atoms with Crippen molar-refractivity contribution in [3.63, 3.8) is 0 Å². The minimum absolute atomic E-state index is 0.0716. The van der Waals surface area contributed by atoms with Gasteiger partial charge >= 0.3 is 0 Å². The summed E-state index contributed by atoms with van der Waals surface area (Å²) >= 11 is 0. The van der Waals surface area contributed by atoms with Crippen LogP contribution in [-0.4, -0.2) is 49.8 Å². The van der Waals surface area contributed by atoms with Crippen molar-refractivity contribution in [1.82, 2.24) is 15.0 Å². The van der Waals surface area contributed by atoms with E-state index in [4.69, 9.17) is 18.6 Å². The van der Waals surface area contributed by atoms with Crippen molar-refractivity contribution in [2.45, 2.75) is 11.8 Å². The number of aryl methyl sites for hydroxylation is 1. The molecule has 9 heteroatoms. The summed E-state index contributed by atoms with van der Waals surface area (Å²) in [6.07, 6.45) is 3.50. The van der Waals surface area contributed by atoms with E-state index in [1.54, 1.807) is 24.5 Å². The summed E-state index contributed by atoms with van der Waals surface area (Å²) in [5, 5.41) is 0. The molecule has 0 unspecified atom stereocenters. The van der Waals surface area contributed by atoms with E-state index in [0.717, 1.165) is 39.5 Å². The van der Waals surface area contributed by atoms with Crippen LogP contribution in [0.3, 0.4) is 0 Å². The van der Waals surface area contributed by atoms with E-state index in [-0.39, 0.29) is 18.1 Å². The Kier molecular flexibility index (Phi) is 9.10. The summed E-state index contributed by atoms with van der Waals surface area (Å²) < 4.78 is 40.7. The second-order valence-corrected chi connectivity index (χ2v) is 10.7. The highest BCUT2D eigenvalue weighted by atomic mass is 32.2. The third kappa shape index (κ3) is 7.61. The molecule has 8 nitrogen and oxygen atoms in total. The Morgan fingerprint density at radius 1 is 0.634 bits per heavy atom. The number of hydrogen-bond acceptors (Lipinski definition) is 8. The molecule has 0 spiro atoms. The first kappa shape index (κ1) is 28.1. The fourth-order valence-electron chi connectivity index (χ4n) is 4.03. The molecule has 5 rings (SSSR count). The molecule has 41 heavy (non-hydrogen) atoms. The van der Waals surface area contributed by atoms with Gasteiger partial charge in [0.05, 0.1) is 47.5 Å². The highest BCUT2D eigenvalue weighted by molar-refractivity contribution is 7.86. The van der Waals surface area contributed by atoms with Gasteiger partial charge in [0.25, 0.3) is 10.1 Å². The van der Waals surface area contributed by atoms with Gasteiger partial charge in [-0.25, -0.2) is 4.98 Å². The van der Waals surface area contributed by atoms with Gasteiger partial charge in [-0.1, -0.05) is 42.0 Å². The molecule has 0 amide bonds. The Bertz CT molecular complexity index is 1610. The molecule has 3 heterocycles. The third-order valence-corrected chi connectivity index (χ3v) is 7.47. The maximum absolute atomic E-state index is 12.2. The molecule has 0 fully saturated rings. The molecule has 0 aliphatic rings. The molecule has 0 atom stereocenters. The smallest absolute Gasteiger partial charge is 0.297 e. The van der Waals surface area contributed by atoms with Gasteiger partial charge in [0.2, 0.25) is 0 Å². The number of benzene rings is 2. The van der Waals surface area contributed by atoms with Gasteiger partial charge < -0.3 is 9.47 Å². The van der Waals surface area contributed by atoms with E-state index in [2.05, 4.69) is 9.97 Å². The predicted molar refractivity (Wildman–Crippen MR) is 157 cm³/mol. The summed E-state index contributed by atoms with van der Waals surface area (Å²) in [6.45, 7) is 2.56. The highest BCUT2D eigenvalue weighted by Gasteiger charge is 2.14. The molecule has 5 aromatic rings. The van der Waals surface area contributed by atoms with Gasteiger partial charge in [-0.3, -0.25) is 14.2 Å². The highest BCUT2D eigenvalue weighted by Crippen LogP contribution is 2.30. The third-order valence-electron chi connectivity index (χ3n) is 6.14. The van der Waals surface area contributed by atoms with Gasteiger partial charge in [-0.2, -0.15) is 8.42 Å². The maximum Gasteiger partial charge on any atom is 0.297 e. The molecule has 0 saturated carbocycles. The minimum atomic E-state index is -3.80. The zero-order valence-corrected chi connectivity index (χ0v) is 23.3. The molecular formula is C32H29N3O5S. The largest absolute Gasteiger partial charge is 0.491 e. The topological polar surface area (TPSA) is 101 Å². The first-order valence-electron chi connectivity index (χ1n) is 13.1. The van der Waals surface area contributed by atoms with Crippen molar-refractivity contribution in [3.05, 3.63) is 115 Å². The van der Waals surface area contributed by atoms with Crippen LogP contribution in [0.1, 0.15) is 5.56 Å². The molecule has 0 N–H and O–H groups in total. The van der Waals surface area contributed by atoms with Crippen molar-refractivity contribution in [3.8, 4) is 39.7 Å². The molecule has 0 aliphatic carbocycles. The number of ether oxygens (including phenoxy) is 2. The Labute approximate surface area is 239 Å². The van der Waals surface area contributed by atoms with Gasteiger partial charge in [-0.15, -0.1) is 0 Å². The van der Waals surface area contributed by atoms with Crippen LogP contribution in [-0.2, 0) is 19.0 Å². The monoisotopic (exact) mass is 567 g/mol. The predicted octanol–water partition coefficient (Wildman–Crippen LogP) is 5.98. The summed E-state index contributed by atoms with van der Waals surface area (Å²) in [5.41, 5.74) is 6.04. The van der Waals surface area contributed by atoms with Crippen LogP contribution >= 0.6 is 0 Å². The standard InChI is InChI=1S/C32H29N3O5S/c1-24-8-14-28(15-9-24)41(36,37)40-21-19-38-18-20-39-27-12-10-25(11-13-27)26-22-31(29-6-2-4-16-33-29)35-32(23-26)30-7-3-5-17-34-30/h2-17,22-23H,18-21H2,1H3. The molecule has 0 aliphatic heterocycles. The first-order chi connectivity index (χ1) is 20.0. The Morgan fingerprint density at radius 2 is 1.24 bits per heavy atom. The van der Waals surface area contributed by atoms with Crippen LogP contribution in [0.2, 0.25) is 0 Å². The van der Waals surface area contributed by atoms with Crippen molar-refractivity contribution in [1.29, 1.82) is 0 Å². The molecule has 0 saturated heterocycles. The molecule has 208 valence electrons. The van der Waals surface area contributed by atoms with E-state index < -0.39 is 10.1 Å². The summed E-state index contributed by atoms with van der Waals surface area (Å²) in [5.74, 6) is 0.694. The molecule has 3 aromatic heterocycles. The number of nitrogens with zero attached hydrogens (tertiary/aromatic N) is 3. The fraction of sp³-hybridized carbons (Fsp3) is 0.156. The van der Waals surface area contributed by atoms with Crippen molar-refractivity contribution < 1.29 is 22.1 Å². The van der Waals surface area contributed by atoms with Gasteiger partial charge in [-0.05, 0) is 78.7 Å². The van der Waals surface area contributed by atoms with E-state index in [1.807, 2.05) is 79.7 Å². The minimum Gasteiger partial charge on any atom is -0.491 e. The van der Waals surface area contributed by atoms with Crippen LogP contribution in [0.5, 0.6) is 5.75 Å². The van der Waals surface area contributed by atoms with Crippen LogP contribution in [0.25, 0.3) is 33.9 Å². The van der Waals surface area contributed by atoms with Gasteiger partial charge in [0.1, 0.15) is 12.4 Å². The quantitative estimate of drug-likeness (QED) is 0.134. The SMILES string of the molecule is Cc1ccc(S(=O)(=O)OCCOCCOc2ccc(-c3cc(-c4ccccn4)nc(-c4ccccn4)c3)cc2)cc1. The van der Waals surface area contributed by atoms with Crippen molar-refractivity contribution >= 4 is 10.1 Å². The first-order valence-corrected chi connectivity index (χ1v) is 14.5. The van der Waals surface area contributed by atoms with E-state index in [0.29, 0.717) is 19.0 Å². The average molecular weight is 568 g/mol. The lowest BCUT2D eigenvalue weighted by Gasteiger charge is -2.11. The zero-order valence-electron chi connectivity index (χ0n) is 22.5. The van der Waals surface area contributed by atoms with Crippen LogP contribution < -0.4 is 4.74 Å². The second-order valence-electron chi connectivity index (χ2n) is 9.13. The molecule has 0 bridgehead atoms. The summed E-state index contributed by atoms with van der Waals surface area (Å²) in [6, 6.07) is 29.8. The zero-order chi connectivity index (χ0) is 28.5. The Morgan fingerprint density at radius 3 is 1.83 bits per heavy atom. The Hall–Kier alpha value is -4.44. The van der Waals surface area contributed by atoms with E-state index in [1.165, 1.54) is 12.1 Å². The van der Waals surface area contributed by atoms with Crippen molar-refractivity contribution in [2.75, 3.05) is 26.4 Å². The van der Waals surface area contributed by atoms with Gasteiger partial charge in [0, 0.05) is 12.4 Å².